The summed E-state index contributed by atoms with van der Waals surface area (Å²) in [6, 6.07) is 6.61. The van der Waals surface area contributed by atoms with E-state index in [1.165, 1.54) is 0 Å². The van der Waals surface area contributed by atoms with Crippen molar-refractivity contribution in [3.63, 3.8) is 0 Å². The van der Waals surface area contributed by atoms with Crippen LogP contribution in [0.5, 0.6) is 5.75 Å². The second-order valence-corrected chi connectivity index (χ2v) is 8.10. The molecule has 0 saturated heterocycles. The van der Waals surface area contributed by atoms with Crippen LogP contribution >= 0.6 is 0 Å². The molecule has 9 heteroatoms. The van der Waals surface area contributed by atoms with E-state index < -0.39 is 0 Å². The lowest BCUT2D eigenvalue weighted by Gasteiger charge is -2.32. The van der Waals surface area contributed by atoms with Gasteiger partial charge >= 0.3 is 0 Å². The summed E-state index contributed by atoms with van der Waals surface area (Å²) in [6.07, 6.45) is 5.35. The molecule has 1 saturated carbocycles. The predicted octanol–water partition coefficient (Wildman–Crippen LogP) is 2.29. The van der Waals surface area contributed by atoms with Gasteiger partial charge in [-0.1, -0.05) is 25.5 Å². The van der Waals surface area contributed by atoms with Gasteiger partial charge in [0.2, 0.25) is 5.95 Å². The van der Waals surface area contributed by atoms with E-state index in [-0.39, 0.29) is 12.1 Å². The summed E-state index contributed by atoms with van der Waals surface area (Å²) < 4.78 is 7.55. The Morgan fingerprint density at radius 3 is 2.87 bits per heavy atom. The molecular weight excluding hydrogens is 394 g/mol. The summed E-state index contributed by atoms with van der Waals surface area (Å²) in [4.78, 5) is 8.73. The third-order valence-corrected chi connectivity index (χ3v) is 5.71. The smallest absolute Gasteiger partial charge is 0.222 e. The van der Waals surface area contributed by atoms with E-state index in [1.54, 1.807) is 13.3 Å². The Labute approximate surface area is 182 Å². The van der Waals surface area contributed by atoms with Crippen LogP contribution in [0.3, 0.4) is 0 Å². The van der Waals surface area contributed by atoms with Crippen molar-refractivity contribution in [3.8, 4) is 5.75 Å². The molecule has 1 aliphatic carbocycles. The highest BCUT2D eigenvalue weighted by Gasteiger charge is 2.26. The van der Waals surface area contributed by atoms with Crippen LogP contribution in [0.25, 0.3) is 11.0 Å². The molecule has 31 heavy (non-hydrogen) atoms. The first-order valence-corrected chi connectivity index (χ1v) is 10.9. The van der Waals surface area contributed by atoms with Gasteiger partial charge in [0.1, 0.15) is 16.8 Å². The molecule has 1 fully saturated rings. The van der Waals surface area contributed by atoms with Crippen LogP contribution in [-0.2, 0) is 13.1 Å². The highest BCUT2D eigenvalue weighted by Crippen LogP contribution is 2.26. The van der Waals surface area contributed by atoms with Crippen molar-refractivity contribution in [2.75, 3.05) is 24.7 Å². The second-order valence-electron chi connectivity index (χ2n) is 8.10. The number of nitrogens with two attached hydrogens (primary N) is 1. The van der Waals surface area contributed by atoms with E-state index >= 15 is 0 Å². The molecule has 0 aliphatic heterocycles. The average Bonchev–Trinajstić information content (AvgIpc) is 3.13. The molecular formula is C22H31N7O2. The van der Waals surface area contributed by atoms with Gasteiger partial charge in [0.25, 0.3) is 0 Å². The van der Waals surface area contributed by atoms with E-state index in [0.717, 1.165) is 61.2 Å². The summed E-state index contributed by atoms with van der Waals surface area (Å²) >= 11 is 0. The molecule has 0 atom stereocenters. The van der Waals surface area contributed by atoms with Gasteiger partial charge in [-0.05, 0) is 30.9 Å². The topological polar surface area (TPSA) is 123 Å². The van der Waals surface area contributed by atoms with Gasteiger partial charge in [-0.2, -0.15) is 10.1 Å². The maximum atomic E-state index is 9.44. The average molecular weight is 426 g/mol. The Hall–Kier alpha value is -2.91. The van der Waals surface area contributed by atoms with Crippen molar-refractivity contribution in [1.29, 1.82) is 0 Å². The van der Waals surface area contributed by atoms with Gasteiger partial charge in [0, 0.05) is 24.7 Å². The molecule has 5 N–H and O–H groups in total. The maximum absolute atomic E-state index is 9.44. The Bertz CT molecular complexity index is 1030. The number of nitrogens with one attached hydrogen (secondary N) is 2. The number of ether oxygens (including phenoxy) is 1. The number of benzene rings is 1. The van der Waals surface area contributed by atoms with Crippen LogP contribution in [0.4, 0.5) is 11.8 Å². The SMILES string of the molecule is CCCCNc1nc(N)nc2cnn(Cc3ccc(CNC4CC(O)C4)cc3OC)c12. The third-order valence-electron chi connectivity index (χ3n) is 5.71. The molecule has 3 aromatic rings. The van der Waals surface area contributed by atoms with Crippen molar-refractivity contribution < 1.29 is 9.84 Å². The number of rotatable bonds is 10. The van der Waals surface area contributed by atoms with Crippen LogP contribution in [0, 0.1) is 0 Å². The van der Waals surface area contributed by atoms with Gasteiger partial charge in [-0.15, -0.1) is 0 Å². The molecule has 9 nitrogen and oxygen atoms in total. The fourth-order valence-corrected chi connectivity index (χ4v) is 3.85. The molecule has 1 aliphatic rings. The predicted molar refractivity (Wildman–Crippen MR) is 121 cm³/mol. The Balaban J connectivity index is 1.54. The quantitative estimate of drug-likeness (QED) is 0.365. The molecule has 166 valence electrons. The number of methoxy groups -OCH3 is 1. The summed E-state index contributed by atoms with van der Waals surface area (Å²) in [5, 5.41) is 20.8. The first-order chi connectivity index (χ1) is 15.1. The number of unbranched alkanes of at least 4 members (excludes halogenated alkanes) is 1. The van der Waals surface area contributed by atoms with Crippen LogP contribution in [0.1, 0.15) is 43.7 Å². The Morgan fingerprint density at radius 1 is 1.29 bits per heavy atom. The lowest BCUT2D eigenvalue weighted by molar-refractivity contribution is 0.0619. The molecule has 0 amide bonds. The summed E-state index contributed by atoms with van der Waals surface area (Å²) in [5.74, 6) is 1.75. The van der Waals surface area contributed by atoms with Crippen LogP contribution < -0.4 is 21.1 Å². The number of hydrogen-bond acceptors (Lipinski definition) is 8. The van der Waals surface area contributed by atoms with E-state index in [4.69, 9.17) is 10.5 Å². The number of aliphatic hydroxyl groups excluding tert-OH is 1. The van der Waals surface area contributed by atoms with Crippen LogP contribution in [0.15, 0.2) is 24.4 Å². The molecule has 1 aromatic carbocycles. The van der Waals surface area contributed by atoms with E-state index in [9.17, 15) is 5.11 Å². The normalized spacial score (nSPS) is 18.2. The zero-order chi connectivity index (χ0) is 21.8. The molecule has 0 unspecified atom stereocenters. The molecule has 0 radical (unpaired) electrons. The summed E-state index contributed by atoms with van der Waals surface area (Å²) in [5.41, 5.74) is 9.60. The lowest BCUT2D eigenvalue weighted by Crippen LogP contribution is -2.43. The Morgan fingerprint density at radius 2 is 2.13 bits per heavy atom. The fraction of sp³-hybridized carbons (Fsp3) is 0.500. The fourth-order valence-electron chi connectivity index (χ4n) is 3.85. The largest absolute Gasteiger partial charge is 0.496 e. The highest BCUT2D eigenvalue weighted by atomic mass is 16.5. The van der Waals surface area contributed by atoms with Gasteiger partial charge in [-0.3, -0.25) is 4.68 Å². The first-order valence-electron chi connectivity index (χ1n) is 10.9. The summed E-state index contributed by atoms with van der Waals surface area (Å²) in [6.45, 7) is 4.25. The minimum Gasteiger partial charge on any atom is -0.496 e. The first kappa shape index (κ1) is 21.3. The maximum Gasteiger partial charge on any atom is 0.222 e. The summed E-state index contributed by atoms with van der Waals surface area (Å²) in [7, 11) is 1.68. The van der Waals surface area contributed by atoms with Crippen molar-refractivity contribution in [3.05, 3.63) is 35.5 Å². The van der Waals surface area contributed by atoms with E-state index in [0.29, 0.717) is 23.9 Å². The zero-order valence-electron chi connectivity index (χ0n) is 18.1. The lowest BCUT2D eigenvalue weighted by atomic mass is 9.89. The number of aliphatic hydroxyl groups is 1. The van der Waals surface area contributed by atoms with Crippen molar-refractivity contribution in [2.24, 2.45) is 0 Å². The van der Waals surface area contributed by atoms with Crippen LogP contribution in [0.2, 0.25) is 0 Å². The number of hydrogen-bond donors (Lipinski definition) is 4. The van der Waals surface area contributed by atoms with Gasteiger partial charge in [-0.25, -0.2) is 4.98 Å². The van der Waals surface area contributed by atoms with Crippen molar-refractivity contribution in [2.45, 2.75) is 57.8 Å². The molecule has 0 spiro atoms. The third kappa shape index (κ3) is 4.88. The molecule has 2 aromatic heterocycles. The number of anilines is 2. The monoisotopic (exact) mass is 425 g/mol. The van der Waals surface area contributed by atoms with E-state index in [2.05, 4.69) is 50.8 Å². The number of nitrogens with zero attached hydrogens (tertiary/aromatic N) is 4. The van der Waals surface area contributed by atoms with Crippen LogP contribution in [-0.4, -0.2) is 50.7 Å². The molecule has 0 bridgehead atoms. The molecule has 4 rings (SSSR count). The number of aromatic nitrogens is 4. The van der Waals surface area contributed by atoms with Gasteiger partial charge in [0.05, 0.1) is 26.0 Å². The minimum atomic E-state index is -0.154. The minimum absolute atomic E-state index is 0.154. The van der Waals surface area contributed by atoms with Crippen molar-refractivity contribution in [1.82, 2.24) is 25.1 Å². The highest BCUT2D eigenvalue weighted by molar-refractivity contribution is 5.86. The standard InChI is InChI=1S/C22H31N7O2/c1-3-4-7-24-21-20-18(27-22(23)28-21)12-26-29(20)13-15-6-5-14(8-19(15)31-2)11-25-16-9-17(30)10-16/h5-6,8,12,16-17,25,30H,3-4,7,9-11,13H2,1-2H3,(H3,23,24,27,28). The molecule has 2 heterocycles. The zero-order valence-corrected chi connectivity index (χ0v) is 18.1. The second kappa shape index (κ2) is 9.49. The van der Waals surface area contributed by atoms with Crippen molar-refractivity contribution >= 4 is 22.8 Å². The number of nitrogen functional groups attached to an aromatic ring is 1. The van der Waals surface area contributed by atoms with E-state index in [1.807, 2.05) is 4.68 Å². The van der Waals surface area contributed by atoms with Gasteiger partial charge in [0.15, 0.2) is 5.82 Å². The Kier molecular flexibility index (Phi) is 6.53. The number of fused-ring (bicyclic) bond motifs is 1. The van der Waals surface area contributed by atoms with Gasteiger partial charge < -0.3 is 26.2 Å².